The Morgan fingerprint density at radius 2 is 2.17 bits per heavy atom. The lowest BCUT2D eigenvalue weighted by Crippen LogP contribution is -2.04. The zero-order chi connectivity index (χ0) is 17.1. The number of methoxy groups -OCH3 is 1. The van der Waals surface area contributed by atoms with Gasteiger partial charge in [0.1, 0.15) is 11.5 Å². The van der Waals surface area contributed by atoms with Crippen LogP contribution in [0.15, 0.2) is 52.8 Å². The monoisotopic (exact) mass is 346 g/mol. The van der Waals surface area contributed by atoms with E-state index in [0.717, 1.165) is 0 Å². The van der Waals surface area contributed by atoms with Crippen LogP contribution in [0.25, 0.3) is 5.65 Å². The standard InChI is InChI=1S/C16H12ClFN4O2/c1-24-15(23)8-13-16(21-20-12-4-2-3-11(18)7-12)22-9-10(17)5-6-14(22)19-13/h2-7,9H,8H2,1H3. The number of fused-ring (bicyclic) bond motifs is 1. The maximum atomic E-state index is 13.2. The predicted molar refractivity (Wildman–Crippen MR) is 86.5 cm³/mol. The molecular formula is C16H12ClFN4O2. The van der Waals surface area contributed by atoms with E-state index in [-0.39, 0.29) is 6.42 Å². The number of rotatable bonds is 4. The molecule has 0 saturated heterocycles. The van der Waals surface area contributed by atoms with Gasteiger partial charge in [0, 0.05) is 12.3 Å². The number of pyridine rings is 1. The van der Waals surface area contributed by atoms with Gasteiger partial charge in [0.05, 0.1) is 29.9 Å². The van der Waals surface area contributed by atoms with Crippen molar-refractivity contribution in [2.24, 2.45) is 10.2 Å². The van der Waals surface area contributed by atoms with Gasteiger partial charge in [-0.2, -0.15) is 0 Å². The SMILES string of the molecule is COC(=O)Cc1nc2ccc(Cl)cn2c1N=Nc1cccc(F)c1. The molecule has 24 heavy (non-hydrogen) atoms. The van der Waals surface area contributed by atoms with Crippen LogP contribution in [0.5, 0.6) is 0 Å². The maximum absolute atomic E-state index is 13.2. The topological polar surface area (TPSA) is 68.3 Å². The van der Waals surface area contributed by atoms with Crippen molar-refractivity contribution < 1.29 is 13.9 Å². The molecule has 0 aliphatic heterocycles. The number of carbonyl (C=O) groups excluding carboxylic acids is 1. The molecule has 0 unspecified atom stereocenters. The van der Waals surface area contributed by atoms with Crippen molar-refractivity contribution in [2.75, 3.05) is 7.11 Å². The van der Waals surface area contributed by atoms with Crippen LogP contribution < -0.4 is 0 Å². The Balaban J connectivity index is 2.07. The van der Waals surface area contributed by atoms with Crippen LogP contribution in [0.4, 0.5) is 15.9 Å². The molecule has 0 aliphatic carbocycles. The molecule has 0 atom stereocenters. The average Bonchev–Trinajstić information content (AvgIpc) is 2.89. The van der Waals surface area contributed by atoms with E-state index in [2.05, 4.69) is 19.9 Å². The lowest BCUT2D eigenvalue weighted by atomic mass is 10.3. The van der Waals surface area contributed by atoms with E-state index in [1.165, 1.54) is 25.3 Å². The third kappa shape index (κ3) is 3.41. The first-order chi connectivity index (χ1) is 11.6. The lowest BCUT2D eigenvalue weighted by Gasteiger charge is -1.99. The molecule has 0 aliphatic rings. The summed E-state index contributed by atoms with van der Waals surface area (Å²) >= 11 is 6.01. The van der Waals surface area contributed by atoms with Crippen LogP contribution in [0, 0.1) is 5.82 Å². The van der Waals surface area contributed by atoms with Crippen LogP contribution in [0.3, 0.4) is 0 Å². The normalized spacial score (nSPS) is 11.3. The maximum Gasteiger partial charge on any atom is 0.311 e. The fourth-order valence-corrected chi connectivity index (χ4v) is 2.29. The van der Waals surface area contributed by atoms with Gasteiger partial charge in [0.25, 0.3) is 0 Å². The minimum Gasteiger partial charge on any atom is -0.469 e. The van der Waals surface area contributed by atoms with Gasteiger partial charge in [0.2, 0.25) is 0 Å². The molecule has 6 nitrogen and oxygen atoms in total. The molecule has 122 valence electrons. The number of esters is 1. The zero-order valence-corrected chi connectivity index (χ0v) is 13.4. The summed E-state index contributed by atoms with van der Waals surface area (Å²) < 4.78 is 19.5. The largest absolute Gasteiger partial charge is 0.469 e. The van der Waals surface area contributed by atoms with E-state index in [1.807, 2.05) is 0 Å². The highest BCUT2D eigenvalue weighted by atomic mass is 35.5. The fraction of sp³-hybridized carbons (Fsp3) is 0.125. The van der Waals surface area contributed by atoms with Crippen LogP contribution in [-0.2, 0) is 16.0 Å². The van der Waals surface area contributed by atoms with Crippen molar-refractivity contribution >= 4 is 34.7 Å². The molecule has 2 aromatic heterocycles. The minimum absolute atomic E-state index is 0.0622. The summed E-state index contributed by atoms with van der Waals surface area (Å²) in [6.45, 7) is 0. The third-order valence-corrected chi connectivity index (χ3v) is 3.46. The summed E-state index contributed by atoms with van der Waals surface area (Å²) in [5.74, 6) is -0.531. The van der Waals surface area contributed by atoms with E-state index in [1.54, 1.807) is 28.8 Å². The second kappa shape index (κ2) is 6.76. The first-order valence-electron chi connectivity index (χ1n) is 6.97. The van der Waals surface area contributed by atoms with Gasteiger partial charge in [-0.3, -0.25) is 9.20 Å². The summed E-state index contributed by atoms with van der Waals surface area (Å²) in [7, 11) is 1.29. The summed E-state index contributed by atoms with van der Waals surface area (Å²) in [5.41, 5.74) is 1.30. The van der Waals surface area contributed by atoms with Crippen molar-refractivity contribution in [1.29, 1.82) is 0 Å². The molecule has 0 fully saturated rings. The van der Waals surface area contributed by atoms with Crippen LogP contribution in [0.1, 0.15) is 5.69 Å². The molecule has 0 saturated carbocycles. The number of aromatic nitrogens is 2. The molecule has 8 heteroatoms. The van der Waals surface area contributed by atoms with Gasteiger partial charge in [0.15, 0.2) is 5.82 Å². The molecular weight excluding hydrogens is 335 g/mol. The van der Waals surface area contributed by atoms with E-state index >= 15 is 0 Å². The first kappa shape index (κ1) is 16.1. The molecule has 3 aromatic rings. The van der Waals surface area contributed by atoms with Crippen molar-refractivity contribution in [3.63, 3.8) is 0 Å². The van der Waals surface area contributed by atoms with Gasteiger partial charge >= 0.3 is 5.97 Å². The first-order valence-corrected chi connectivity index (χ1v) is 7.35. The number of azo groups is 1. The molecule has 0 amide bonds. The molecule has 2 heterocycles. The number of halogens is 2. The Morgan fingerprint density at radius 1 is 1.33 bits per heavy atom. The average molecular weight is 347 g/mol. The van der Waals surface area contributed by atoms with Crippen LogP contribution in [-0.4, -0.2) is 22.5 Å². The number of imidazole rings is 1. The van der Waals surface area contributed by atoms with Gasteiger partial charge in [-0.15, -0.1) is 10.2 Å². The Hall–Kier alpha value is -2.80. The molecule has 0 spiro atoms. The second-order valence-corrected chi connectivity index (χ2v) is 5.33. The summed E-state index contributed by atoms with van der Waals surface area (Å²) in [5, 5.41) is 8.62. The van der Waals surface area contributed by atoms with Crippen molar-refractivity contribution in [3.8, 4) is 0 Å². The predicted octanol–water partition coefficient (Wildman–Crippen LogP) is 4.26. The Morgan fingerprint density at radius 3 is 2.92 bits per heavy atom. The second-order valence-electron chi connectivity index (χ2n) is 4.89. The number of carbonyl (C=O) groups is 1. The summed E-state index contributed by atoms with van der Waals surface area (Å²) in [6, 6.07) is 9.09. The van der Waals surface area contributed by atoms with Crippen molar-refractivity contribution in [3.05, 3.63) is 59.1 Å². The minimum atomic E-state index is -0.452. The molecule has 0 bridgehead atoms. The lowest BCUT2D eigenvalue weighted by molar-refractivity contribution is -0.139. The summed E-state index contributed by atoms with van der Waals surface area (Å²) in [4.78, 5) is 15.9. The molecule has 0 N–H and O–H groups in total. The van der Waals surface area contributed by atoms with Gasteiger partial charge in [-0.25, -0.2) is 9.37 Å². The zero-order valence-electron chi connectivity index (χ0n) is 12.6. The molecule has 3 rings (SSSR count). The van der Waals surface area contributed by atoms with E-state index in [9.17, 15) is 9.18 Å². The highest BCUT2D eigenvalue weighted by Gasteiger charge is 2.16. The highest BCUT2D eigenvalue weighted by Crippen LogP contribution is 2.26. The quantitative estimate of drug-likeness (QED) is 0.523. The van der Waals surface area contributed by atoms with Gasteiger partial charge in [-0.1, -0.05) is 17.7 Å². The Bertz CT molecular complexity index is 939. The number of hydrogen-bond donors (Lipinski definition) is 0. The number of nitrogens with zero attached hydrogens (tertiary/aromatic N) is 4. The Labute approximate surface area is 141 Å². The number of ether oxygens (including phenoxy) is 1. The van der Waals surface area contributed by atoms with Crippen LogP contribution >= 0.6 is 11.6 Å². The number of benzene rings is 1. The molecule has 1 aromatic carbocycles. The molecule has 0 radical (unpaired) electrons. The fourth-order valence-electron chi connectivity index (χ4n) is 2.13. The summed E-state index contributed by atoms with van der Waals surface area (Å²) in [6.07, 6.45) is 1.55. The number of hydrogen-bond acceptors (Lipinski definition) is 5. The van der Waals surface area contributed by atoms with Crippen LogP contribution in [0.2, 0.25) is 5.02 Å². The van der Waals surface area contributed by atoms with Crippen molar-refractivity contribution in [1.82, 2.24) is 9.38 Å². The third-order valence-electron chi connectivity index (χ3n) is 3.23. The van der Waals surface area contributed by atoms with Gasteiger partial charge < -0.3 is 4.74 Å². The van der Waals surface area contributed by atoms with Gasteiger partial charge in [-0.05, 0) is 24.3 Å². The van der Waals surface area contributed by atoms with E-state index in [4.69, 9.17) is 11.6 Å². The van der Waals surface area contributed by atoms with E-state index in [0.29, 0.717) is 27.9 Å². The van der Waals surface area contributed by atoms with Crippen molar-refractivity contribution in [2.45, 2.75) is 6.42 Å². The smallest absolute Gasteiger partial charge is 0.311 e. The highest BCUT2D eigenvalue weighted by molar-refractivity contribution is 6.30. The Kier molecular flexibility index (Phi) is 4.52. The van der Waals surface area contributed by atoms with E-state index < -0.39 is 11.8 Å².